The number of nitrogens with zero attached hydrogens (tertiary/aromatic N) is 3. The van der Waals surface area contributed by atoms with E-state index in [0.717, 1.165) is 11.3 Å². The summed E-state index contributed by atoms with van der Waals surface area (Å²) in [5, 5.41) is 4.19. The van der Waals surface area contributed by atoms with Crippen molar-refractivity contribution < 1.29 is 0 Å². The van der Waals surface area contributed by atoms with E-state index in [1.165, 1.54) is 0 Å². The largest absolute Gasteiger partial charge is 0.236 e. The summed E-state index contributed by atoms with van der Waals surface area (Å²) in [7, 11) is 0. The van der Waals surface area contributed by atoms with Crippen LogP contribution in [0.15, 0.2) is 31.1 Å². The number of hydrogen-bond acceptors (Lipinski definition) is 2. The number of hydrogen-bond donors (Lipinski definition) is 0. The molecule has 0 saturated heterocycles. The minimum Gasteiger partial charge on any atom is -0.236 e. The van der Waals surface area contributed by atoms with Crippen LogP contribution in [0.3, 0.4) is 0 Å². The highest BCUT2D eigenvalue weighted by atomic mass is 15.2. The smallest absolute Gasteiger partial charge is 0.153 e. The molecule has 2 aromatic heterocycles. The van der Waals surface area contributed by atoms with Crippen molar-refractivity contribution in [3.8, 4) is 0 Å². The fraction of sp³-hybridized carbons (Fsp3) is 0. The number of fused-ring (bicyclic) bond motifs is 1. The molecular formula is C8H7N3. The molecule has 0 aromatic carbocycles. The molecule has 0 N–H and O–H groups in total. The number of rotatable bonds is 1. The van der Waals surface area contributed by atoms with Gasteiger partial charge in [-0.25, -0.2) is 9.50 Å². The maximum Gasteiger partial charge on any atom is 0.153 e. The van der Waals surface area contributed by atoms with Gasteiger partial charge in [-0.1, -0.05) is 6.58 Å². The van der Waals surface area contributed by atoms with E-state index in [1.54, 1.807) is 16.8 Å². The molecule has 0 saturated carbocycles. The third-order valence-corrected chi connectivity index (χ3v) is 1.48. The molecule has 3 nitrogen and oxygen atoms in total. The predicted molar refractivity (Wildman–Crippen MR) is 43.1 cm³/mol. The van der Waals surface area contributed by atoms with Crippen LogP contribution in [-0.4, -0.2) is 14.6 Å². The lowest BCUT2D eigenvalue weighted by atomic mass is 10.4. The first-order chi connectivity index (χ1) is 5.40. The summed E-state index contributed by atoms with van der Waals surface area (Å²) >= 11 is 0. The first-order valence-electron chi connectivity index (χ1n) is 3.33. The maximum atomic E-state index is 4.19. The second-order valence-corrected chi connectivity index (χ2v) is 2.19. The Morgan fingerprint density at radius 3 is 3.18 bits per heavy atom. The molecule has 0 unspecified atom stereocenters. The standard InChI is InChI=1S/C8H7N3/c1-2-7-3-4-8-9-5-6-11(8)10-7/h2-6H,1H2. The van der Waals surface area contributed by atoms with Crippen molar-refractivity contribution in [2.75, 3.05) is 0 Å². The molecule has 0 fully saturated rings. The molecule has 2 rings (SSSR count). The van der Waals surface area contributed by atoms with Gasteiger partial charge in [-0.2, -0.15) is 5.10 Å². The zero-order valence-electron chi connectivity index (χ0n) is 5.94. The van der Waals surface area contributed by atoms with Gasteiger partial charge in [-0.15, -0.1) is 0 Å². The fourth-order valence-electron chi connectivity index (χ4n) is 0.939. The quantitative estimate of drug-likeness (QED) is 0.606. The Hall–Kier alpha value is -1.64. The molecule has 0 spiro atoms. The summed E-state index contributed by atoms with van der Waals surface area (Å²) in [5.41, 5.74) is 1.71. The molecule has 0 aliphatic heterocycles. The molecule has 0 amide bonds. The average Bonchev–Trinajstić information content (AvgIpc) is 2.50. The zero-order valence-corrected chi connectivity index (χ0v) is 5.94. The number of aromatic nitrogens is 3. The molecular weight excluding hydrogens is 138 g/mol. The maximum absolute atomic E-state index is 4.19. The summed E-state index contributed by atoms with van der Waals surface area (Å²) in [4.78, 5) is 4.06. The van der Waals surface area contributed by atoms with Gasteiger partial charge in [0.15, 0.2) is 5.65 Å². The van der Waals surface area contributed by atoms with Gasteiger partial charge in [0.1, 0.15) is 0 Å². The van der Waals surface area contributed by atoms with Gasteiger partial charge in [0, 0.05) is 12.4 Å². The van der Waals surface area contributed by atoms with Crippen molar-refractivity contribution in [2.45, 2.75) is 0 Å². The van der Waals surface area contributed by atoms with Crippen LogP contribution in [0.25, 0.3) is 11.7 Å². The van der Waals surface area contributed by atoms with E-state index < -0.39 is 0 Å². The highest BCUT2D eigenvalue weighted by molar-refractivity contribution is 5.45. The van der Waals surface area contributed by atoms with Crippen LogP contribution in [0, 0.1) is 0 Å². The van der Waals surface area contributed by atoms with Crippen LogP contribution in [0.1, 0.15) is 5.69 Å². The highest BCUT2D eigenvalue weighted by Crippen LogP contribution is 2.00. The Morgan fingerprint density at radius 2 is 2.36 bits per heavy atom. The third kappa shape index (κ3) is 0.902. The minimum atomic E-state index is 0.857. The summed E-state index contributed by atoms with van der Waals surface area (Å²) in [6.07, 6.45) is 5.23. The Balaban J connectivity index is 2.76. The molecule has 0 aliphatic carbocycles. The van der Waals surface area contributed by atoms with Crippen molar-refractivity contribution in [3.63, 3.8) is 0 Å². The van der Waals surface area contributed by atoms with Crippen LogP contribution < -0.4 is 0 Å². The average molecular weight is 145 g/mol. The van der Waals surface area contributed by atoms with E-state index in [0.29, 0.717) is 0 Å². The van der Waals surface area contributed by atoms with Crippen molar-refractivity contribution in [2.24, 2.45) is 0 Å². The van der Waals surface area contributed by atoms with Gasteiger partial charge < -0.3 is 0 Å². The van der Waals surface area contributed by atoms with Crippen molar-refractivity contribution in [1.29, 1.82) is 0 Å². The second-order valence-electron chi connectivity index (χ2n) is 2.19. The van der Waals surface area contributed by atoms with Crippen LogP contribution >= 0.6 is 0 Å². The summed E-state index contributed by atoms with van der Waals surface area (Å²) in [6, 6.07) is 3.79. The van der Waals surface area contributed by atoms with Crippen LogP contribution in [0.2, 0.25) is 0 Å². The summed E-state index contributed by atoms with van der Waals surface area (Å²) in [6.45, 7) is 3.63. The van der Waals surface area contributed by atoms with E-state index in [4.69, 9.17) is 0 Å². The first-order valence-corrected chi connectivity index (χ1v) is 3.33. The lowest BCUT2D eigenvalue weighted by Gasteiger charge is -1.92. The Labute approximate surface area is 64.0 Å². The van der Waals surface area contributed by atoms with Gasteiger partial charge >= 0.3 is 0 Å². The summed E-state index contributed by atoms with van der Waals surface area (Å²) in [5.74, 6) is 0. The molecule has 0 bridgehead atoms. The SMILES string of the molecule is C=Cc1ccc2nccn2n1. The van der Waals surface area contributed by atoms with E-state index in [2.05, 4.69) is 16.7 Å². The van der Waals surface area contributed by atoms with Crippen molar-refractivity contribution in [3.05, 3.63) is 36.8 Å². The topological polar surface area (TPSA) is 30.2 Å². The first kappa shape index (κ1) is 6.09. The second kappa shape index (κ2) is 2.20. The highest BCUT2D eigenvalue weighted by Gasteiger charge is 1.92. The Bertz CT molecular complexity index is 389. The van der Waals surface area contributed by atoms with E-state index in [-0.39, 0.29) is 0 Å². The van der Waals surface area contributed by atoms with Crippen molar-refractivity contribution in [1.82, 2.24) is 14.6 Å². The van der Waals surface area contributed by atoms with Crippen molar-refractivity contribution >= 4 is 11.7 Å². The third-order valence-electron chi connectivity index (χ3n) is 1.48. The molecule has 0 radical (unpaired) electrons. The molecule has 2 aromatic rings. The molecule has 11 heavy (non-hydrogen) atoms. The lowest BCUT2D eigenvalue weighted by molar-refractivity contribution is 0.926. The molecule has 54 valence electrons. The van der Waals surface area contributed by atoms with Gasteiger partial charge in [-0.3, -0.25) is 0 Å². The molecule has 2 heterocycles. The Kier molecular flexibility index (Phi) is 1.22. The number of imidazole rings is 1. The van der Waals surface area contributed by atoms with Gasteiger partial charge in [0.25, 0.3) is 0 Å². The molecule has 0 aliphatic rings. The van der Waals surface area contributed by atoms with Crippen LogP contribution in [-0.2, 0) is 0 Å². The summed E-state index contributed by atoms with van der Waals surface area (Å²) < 4.78 is 1.72. The fourth-order valence-corrected chi connectivity index (χ4v) is 0.939. The van der Waals surface area contributed by atoms with Crippen LogP contribution in [0.5, 0.6) is 0 Å². The van der Waals surface area contributed by atoms with E-state index >= 15 is 0 Å². The molecule has 3 heteroatoms. The minimum absolute atomic E-state index is 0.857. The lowest BCUT2D eigenvalue weighted by Crippen LogP contribution is -1.91. The van der Waals surface area contributed by atoms with Crippen LogP contribution in [0.4, 0.5) is 0 Å². The van der Waals surface area contributed by atoms with E-state index in [1.807, 2.05) is 18.3 Å². The van der Waals surface area contributed by atoms with Gasteiger partial charge in [0.05, 0.1) is 5.69 Å². The monoisotopic (exact) mass is 145 g/mol. The van der Waals surface area contributed by atoms with Gasteiger partial charge in [0.2, 0.25) is 0 Å². The Morgan fingerprint density at radius 1 is 1.45 bits per heavy atom. The van der Waals surface area contributed by atoms with Gasteiger partial charge in [-0.05, 0) is 18.2 Å². The van der Waals surface area contributed by atoms with E-state index in [9.17, 15) is 0 Å². The zero-order chi connectivity index (χ0) is 7.68. The molecule has 0 atom stereocenters. The predicted octanol–water partition coefficient (Wildman–Crippen LogP) is 1.37. The normalized spacial score (nSPS) is 10.2.